The maximum Gasteiger partial charge on any atom is 0.410 e. The van der Waals surface area contributed by atoms with Crippen LogP contribution in [0.25, 0.3) is 22.2 Å². The number of ether oxygens (including phenoxy) is 1. The molecule has 178 valence electrons. The number of carbonyl (C=O) groups excluding carboxylic acids is 2. The Kier molecular flexibility index (Phi) is 6.61. The Morgan fingerprint density at radius 2 is 1.65 bits per heavy atom. The van der Waals surface area contributed by atoms with Crippen molar-refractivity contribution in [2.75, 3.05) is 26.2 Å². The zero-order valence-corrected chi connectivity index (χ0v) is 20.2. The molecular formula is C25H27ClN4O4. The van der Waals surface area contributed by atoms with Gasteiger partial charge in [-0.2, -0.15) is 4.98 Å². The van der Waals surface area contributed by atoms with Gasteiger partial charge in [-0.3, -0.25) is 9.36 Å². The van der Waals surface area contributed by atoms with E-state index in [2.05, 4.69) is 4.98 Å². The quantitative estimate of drug-likeness (QED) is 0.567. The van der Waals surface area contributed by atoms with Crippen molar-refractivity contribution in [3.63, 3.8) is 0 Å². The van der Waals surface area contributed by atoms with Crippen molar-refractivity contribution in [2.24, 2.45) is 0 Å². The predicted molar refractivity (Wildman–Crippen MR) is 131 cm³/mol. The molecule has 0 radical (unpaired) electrons. The zero-order chi connectivity index (χ0) is 24.5. The molecule has 0 bridgehead atoms. The summed E-state index contributed by atoms with van der Waals surface area (Å²) in [6.45, 7) is 6.78. The standard InChI is InChI=1S/C25H27ClN4O4/c1-25(2,3)34-24(33)29-13-11-28(12-14-29)21(31)16-30-20-10-9-18(26)15-19(20)22(27-23(30)32)17-7-5-4-6-8-17/h4-10,15H,11-14,16H2,1-3H3. The van der Waals surface area contributed by atoms with E-state index in [4.69, 9.17) is 16.3 Å². The van der Waals surface area contributed by atoms with Gasteiger partial charge in [0.05, 0.1) is 11.2 Å². The first-order chi connectivity index (χ1) is 16.1. The van der Waals surface area contributed by atoms with E-state index in [9.17, 15) is 14.4 Å². The van der Waals surface area contributed by atoms with Gasteiger partial charge in [0.25, 0.3) is 0 Å². The molecule has 0 atom stereocenters. The van der Waals surface area contributed by atoms with Gasteiger partial charge in [-0.1, -0.05) is 41.9 Å². The fourth-order valence-corrected chi connectivity index (χ4v) is 4.09. The van der Waals surface area contributed by atoms with E-state index in [0.29, 0.717) is 47.8 Å². The number of rotatable bonds is 3. The molecule has 1 fully saturated rings. The highest BCUT2D eigenvalue weighted by Crippen LogP contribution is 2.27. The summed E-state index contributed by atoms with van der Waals surface area (Å²) in [5.74, 6) is -0.212. The Balaban J connectivity index is 1.55. The van der Waals surface area contributed by atoms with Crippen molar-refractivity contribution >= 4 is 34.5 Å². The second kappa shape index (κ2) is 9.46. The molecule has 1 aliphatic rings. The summed E-state index contributed by atoms with van der Waals surface area (Å²) in [5.41, 5.74) is 0.827. The van der Waals surface area contributed by atoms with Crippen LogP contribution in [0.3, 0.4) is 0 Å². The molecule has 2 amide bonds. The number of benzene rings is 2. The molecule has 2 heterocycles. The smallest absolute Gasteiger partial charge is 0.410 e. The molecular weight excluding hydrogens is 456 g/mol. The molecule has 9 heteroatoms. The zero-order valence-electron chi connectivity index (χ0n) is 19.5. The fraction of sp³-hybridized carbons (Fsp3) is 0.360. The summed E-state index contributed by atoms with van der Waals surface area (Å²) in [7, 11) is 0. The van der Waals surface area contributed by atoms with Gasteiger partial charge in [-0.15, -0.1) is 0 Å². The summed E-state index contributed by atoms with van der Waals surface area (Å²) in [6.07, 6.45) is -0.389. The van der Waals surface area contributed by atoms with Gasteiger partial charge in [0.2, 0.25) is 5.91 Å². The number of halogens is 1. The van der Waals surface area contributed by atoms with Crippen LogP contribution in [-0.2, 0) is 16.1 Å². The van der Waals surface area contributed by atoms with Crippen LogP contribution in [0.15, 0.2) is 53.3 Å². The molecule has 1 aliphatic heterocycles. The third kappa shape index (κ3) is 5.22. The molecule has 0 spiro atoms. The molecule has 0 saturated carbocycles. The van der Waals surface area contributed by atoms with Gasteiger partial charge >= 0.3 is 11.8 Å². The number of amides is 2. The Morgan fingerprint density at radius 3 is 2.29 bits per heavy atom. The molecule has 34 heavy (non-hydrogen) atoms. The van der Waals surface area contributed by atoms with E-state index in [1.165, 1.54) is 4.57 Å². The minimum Gasteiger partial charge on any atom is -0.444 e. The third-order valence-corrected chi connectivity index (χ3v) is 5.80. The lowest BCUT2D eigenvalue weighted by molar-refractivity contribution is -0.133. The second-order valence-corrected chi connectivity index (χ2v) is 9.64. The predicted octanol–water partition coefficient (Wildman–Crippen LogP) is 3.80. The van der Waals surface area contributed by atoms with Gasteiger partial charge in [-0.25, -0.2) is 9.59 Å². The van der Waals surface area contributed by atoms with Gasteiger partial charge in [-0.05, 0) is 39.0 Å². The van der Waals surface area contributed by atoms with Crippen molar-refractivity contribution in [2.45, 2.75) is 32.9 Å². The highest BCUT2D eigenvalue weighted by Gasteiger charge is 2.28. The van der Waals surface area contributed by atoms with E-state index < -0.39 is 11.3 Å². The summed E-state index contributed by atoms with van der Waals surface area (Å²) in [4.78, 5) is 45.9. The van der Waals surface area contributed by atoms with E-state index in [0.717, 1.165) is 5.56 Å². The summed E-state index contributed by atoms with van der Waals surface area (Å²) >= 11 is 6.24. The van der Waals surface area contributed by atoms with Crippen molar-refractivity contribution in [1.82, 2.24) is 19.4 Å². The number of aromatic nitrogens is 2. The Hall–Kier alpha value is -3.39. The van der Waals surface area contributed by atoms with Crippen LogP contribution in [0.4, 0.5) is 4.79 Å². The summed E-state index contributed by atoms with van der Waals surface area (Å²) in [6, 6.07) is 14.6. The SMILES string of the molecule is CC(C)(C)OC(=O)N1CCN(C(=O)Cn2c(=O)nc(-c3ccccc3)c3cc(Cl)ccc32)CC1. The van der Waals surface area contributed by atoms with Crippen molar-refractivity contribution in [3.8, 4) is 11.3 Å². The minimum atomic E-state index is -0.575. The molecule has 0 aliphatic carbocycles. The lowest BCUT2D eigenvalue weighted by Gasteiger charge is -2.35. The van der Waals surface area contributed by atoms with Crippen molar-refractivity contribution < 1.29 is 14.3 Å². The largest absolute Gasteiger partial charge is 0.444 e. The number of carbonyl (C=O) groups is 2. The topological polar surface area (TPSA) is 84.7 Å². The first-order valence-electron chi connectivity index (χ1n) is 11.1. The van der Waals surface area contributed by atoms with E-state index in [1.807, 2.05) is 51.1 Å². The molecule has 2 aromatic carbocycles. The molecule has 0 N–H and O–H groups in total. The molecule has 1 aromatic heterocycles. The lowest BCUT2D eigenvalue weighted by atomic mass is 10.1. The molecule has 8 nitrogen and oxygen atoms in total. The Bertz CT molecular complexity index is 1280. The number of hydrogen-bond donors (Lipinski definition) is 0. The Morgan fingerprint density at radius 1 is 1.00 bits per heavy atom. The number of fused-ring (bicyclic) bond motifs is 1. The van der Waals surface area contributed by atoms with Crippen LogP contribution < -0.4 is 5.69 Å². The number of hydrogen-bond acceptors (Lipinski definition) is 5. The van der Waals surface area contributed by atoms with Crippen LogP contribution in [-0.4, -0.2) is 63.1 Å². The van der Waals surface area contributed by atoms with E-state index >= 15 is 0 Å². The van der Waals surface area contributed by atoms with Crippen LogP contribution in [0.1, 0.15) is 20.8 Å². The van der Waals surface area contributed by atoms with Crippen molar-refractivity contribution in [1.29, 1.82) is 0 Å². The normalized spacial score (nSPS) is 14.4. The third-order valence-electron chi connectivity index (χ3n) is 5.57. The van der Waals surface area contributed by atoms with Crippen LogP contribution in [0.5, 0.6) is 0 Å². The monoisotopic (exact) mass is 482 g/mol. The first-order valence-corrected chi connectivity index (χ1v) is 11.5. The Labute approximate surface area is 202 Å². The molecule has 0 unspecified atom stereocenters. The summed E-state index contributed by atoms with van der Waals surface area (Å²) in [5, 5.41) is 1.21. The second-order valence-electron chi connectivity index (χ2n) is 9.20. The van der Waals surface area contributed by atoms with Gasteiger partial charge < -0.3 is 14.5 Å². The van der Waals surface area contributed by atoms with Crippen molar-refractivity contribution in [3.05, 3.63) is 64.0 Å². The molecule has 1 saturated heterocycles. The number of piperazine rings is 1. The maximum atomic E-state index is 13.1. The molecule has 3 aromatic rings. The minimum absolute atomic E-state index is 0.147. The van der Waals surface area contributed by atoms with E-state index in [1.54, 1.807) is 28.0 Å². The van der Waals surface area contributed by atoms with E-state index in [-0.39, 0.29) is 18.5 Å². The molecule has 4 rings (SSSR count). The lowest BCUT2D eigenvalue weighted by Crippen LogP contribution is -2.52. The summed E-state index contributed by atoms with van der Waals surface area (Å²) < 4.78 is 6.78. The average molecular weight is 483 g/mol. The maximum absolute atomic E-state index is 13.1. The fourth-order valence-electron chi connectivity index (χ4n) is 3.92. The first kappa shape index (κ1) is 23.8. The van der Waals surface area contributed by atoms with Gasteiger partial charge in [0, 0.05) is 42.2 Å². The van der Waals surface area contributed by atoms with Crippen LogP contribution >= 0.6 is 11.6 Å². The average Bonchev–Trinajstić information content (AvgIpc) is 2.80. The highest BCUT2D eigenvalue weighted by molar-refractivity contribution is 6.31. The number of nitrogens with zero attached hydrogens (tertiary/aromatic N) is 4. The van der Waals surface area contributed by atoms with Crippen LogP contribution in [0, 0.1) is 0 Å². The van der Waals surface area contributed by atoms with Gasteiger partial charge in [0.1, 0.15) is 12.1 Å². The highest BCUT2D eigenvalue weighted by atomic mass is 35.5. The van der Waals surface area contributed by atoms with Gasteiger partial charge in [0.15, 0.2) is 0 Å². The van der Waals surface area contributed by atoms with Crippen LogP contribution in [0.2, 0.25) is 5.02 Å².